The number of aryl methyl sites for hydroxylation is 2. The molecule has 0 amide bonds. The minimum Gasteiger partial charge on any atom is -0.461 e. The third kappa shape index (κ3) is 1.35. The summed E-state index contributed by atoms with van der Waals surface area (Å²) < 4.78 is 5.55. The van der Waals surface area contributed by atoms with Crippen LogP contribution in [-0.2, 0) is 0 Å². The van der Waals surface area contributed by atoms with Gasteiger partial charge in [-0.3, -0.25) is 0 Å². The van der Waals surface area contributed by atoms with E-state index in [0.717, 1.165) is 22.6 Å². The highest BCUT2D eigenvalue weighted by Crippen LogP contribution is 2.23. The number of fused-ring (bicyclic) bond motifs is 1. The molecular weight excluding hydrogens is 162 g/mol. The van der Waals surface area contributed by atoms with Gasteiger partial charge in [0.2, 0.25) is 0 Å². The van der Waals surface area contributed by atoms with Gasteiger partial charge in [-0.15, -0.1) is 0 Å². The predicted octanol–water partition coefficient (Wildman–Crippen LogP) is 2.48. The zero-order chi connectivity index (χ0) is 9.42. The molecule has 0 fully saturated rings. The summed E-state index contributed by atoms with van der Waals surface area (Å²) in [6, 6.07) is 7.50. The molecule has 13 heavy (non-hydrogen) atoms. The van der Waals surface area contributed by atoms with Crippen LogP contribution in [0.3, 0.4) is 0 Å². The van der Waals surface area contributed by atoms with Crippen molar-refractivity contribution in [2.45, 2.75) is 13.8 Å². The number of nitrogens with one attached hydrogen (secondary N) is 1. The lowest BCUT2D eigenvalue weighted by Gasteiger charge is -2.07. The molecule has 2 heteroatoms. The fourth-order valence-corrected chi connectivity index (χ4v) is 1.32. The van der Waals surface area contributed by atoms with E-state index in [2.05, 4.69) is 6.07 Å². The molecule has 1 heterocycles. The van der Waals surface area contributed by atoms with Gasteiger partial charge in [0.05, 0.1) is 5.36 Å². The highest BCUT2D eigenvalue weighted by Gasteiger charge is 2.05. The largest absolute Gasteiger partial charge is 0.461 e. The lowest BCUT2D eigenvalue weighted by Crippen LogP contribution is -1.98. The van der Waals surface area contributed by atoms with Crippen molar-refractivity contribution in [3.05, 3.63) is 40.9 Å². The van der Waals surface area contributed by atoms with Gasteiger partial charge in [-0.2, -0.15) is 0 Å². The van der Waals surface area contributed by atoms with Crippen molar-refractivity contribution in [3.63, 3.8) is 0 Å². The predicted molar refractivity (Wildman–Crippen MR) is 50.7 cm³/mol. The number of hydrogen-bond donors (Lipinski definition) is 1. The van der Waals surface area contributed by atoms with Crippen LogP contribution < -0.4 is 5.36 Å². The van der Waals surface area contributed by atoms with Gasteiger partial charge in [-0.1, -0.05) is 0 Å². The van der Waals surface area contributed by atoms with E-state index in [0.29, 0.717) is 5.36 Å². The molecule has 0 bridgehead atoms. The Bertz CT molecular complexity index is 470. The van der Waals surface area contributed by atoms with Crippen molar-refractivity contribution in [1.29, 1.82) is 5.41 Å². The maximum Gasteiger partial charge on any atom is 0.136 e. The maximum absolute atomic E-state index is 7.44. The first-order valence-corrected chi connectivity index (χ1v) is 4.22. The lowest BCUT2D eigenvalue weighted by molar-refractivity contribution is 0.524. The highest BCUT2D eigenvalue weighted by atomic mass is 16.3. The SMILES string of the molecule is Cc1cc2ccc(=N)cc-2oc1C. The van der Waals surface area contributed by atoms with Crippen LogP contribution in [0.15, 0.2) is 28.7 Å². The van der Waals surface area contributed by atoms with E-state index in [9.17, 15) is 0 Å². The molecule has 0 radical (unpaired) electrons. The number of hydrogen-bond acceptors (Lipinski definition) is 2. The Morgan fingerprint density at radius 3 is 2.69 bits per heavy atom. The standard InChI is InChI=1S/C11H11NO/c1-7-5-9-3-4-10(12)6-11(9)13-8(7)2/h3-6,12H,1-2H3. The van der Waals surface area contributed by atoms with Crippen molar-refractivity contribution < 1.29 is 4.42 Å². The Morgan fingerprint density at radius 1 is 1.15 bits per heavy atom. The Kier molecular flexibility index (Phi) is 1.69. The van der Waals surface area contributed by atoms with Crippen LogP contribution in [0.1, 0.15) is 11.3 Å². The summed E-state index contributed by atoms with van der Waals surface area (Å²) in [5.74, 6) is 1.70. The minimum atomic E-state index is 0.486. The summed E-state index contributed by atoms with van der Waals surface area (Å²) in [4.78, 5) is 0. The molecule has 2 rings (SSSR count). The molecule has 0 aromatic carbocycles. The first-order chi connectivity index (χ1) is 6.16. The van der Waals surface area contributed by atoms with Crippen molar-refractivity contribution in [3.8, 4) is 11.3 Å². The second kappa shape index (κ2) is 2.73. The van der Waals surface area contributed by atoms with Crippen LogP contribution in [0.4, 0.5) is 0 Å². The molecule has 0 spiro atoms. The van der Waals surface area contributed by atoms with E-state index in [1.165, 1.54) is 0 Å². The van der Waals surface area contributed by atoms with Gasteiger partial charge in [0, 0.05) is 11.6 Å². The Hall–Kier alpha value is -1.57. The molecular formula is C11H11NO. The molecule has 1 aliphatic heterocycles. The number of benzene rings is 1. The quantitative estimate of drug-likeness (QED) is 0.652. The third-order valence-corrected chi connectivity index (χ3v) is 2.20. The lowest BCUT2D eigenvalue weighted by atomic mass is 10.1. The van der Waals surface area contributed by atoms with Gasteiger partial charge in [0.15, 0.2) is 0 Å². The molecule has 0 aromatic rings. The van der Waals surface area contributed by atoms with Crippen LogP contribution in [0.5, 0.6) is 0 Å². The van der Waals surface area contributed by atoms with Crippen LogP contribution in [0, 0.1) is 19.3 Å². The third-order valence-electron chi connectivity index (χ3n) is 2.20. The van der Waals surface area contributed by atoms with Gasteiger partial charge < -0.3 is 9.83 Å². The van der Waals surface area contributed by atoms with Gasteiger partial charge >= 0.3 is 0 Å². The van der Waals surface area contributed by atoms with Crippen molar-refractivity contribution in [2.75, 3.05) is 0 Å². The van der Waals surface area contributed by atoms with E-state index in [1.807, 2.05) is 19.9 Å². The van der Waals surface area contributed by atoms with E-state index >= 15 is 0 Å². The molecule has 0 atom stereocenters. The average Bonchev–Trinajstić information content (AvgIpc) is 2.08. The second-order valence-electron chi connectivity index (χ2n) is 3.24. The van der Waals surface area contributed by atoms with Crippen LogP contribution in [-0.4, -0.2) is 0 Å². The Morgan fingerprint density at radius 2 is 1.92 bits per heavy atom. The fraction of sp³-hybridized carbons (Fsp3) is 0.182. The van der Waals surface area contributed by atoms with Crippen molar-refractivity contribution in [2.24, 2.45) is 0 Å². The molecule has 1 N–H and O–H groups in total. The maximum atomic E-state index is 7.44. The van der Waals surface area contributed by atoms with Crippen LogP contribution in [0.2, 0.25) is 0 Å². The second-order valence-corrected chi connectivity index (χ2v) is 3.24. The van der Waals surface area contributed by atoms with Gasteiger partial charge in [0.25, 0.3) is 0 Å². The zero-order valence-electron chi connectivity index (χ0n) is 7.72. The fourth-order valence-electron chi connectivity index (χ4n) is 1.32. The van der Waals surface area contributed by atoms with Gasteiger partial charge in [-0.25, -0.2) is 0 Å². The molecule has 0 unspecified atom stereocenters. The monoisotopic (exact) mass is 173 g/mol. The molecule has 2 nitrogen and oxygen atoms in total. The van der Waals surface area contributed by atoms with Crippen LogP contribution >= 0.6 is 0 Å². The molecule has 0 saturated carbocycles. The zero-order valence-corrected chi connectivity index (χ0v) is 7.72. The normalized spacial score (nSPS) is 10.6. The molecule has 2 aliphatic rings. The smallest absolute Gasteiger partial charge is 0.136 e. The number of rotatable bonds is 0. The molecule has 66 valence electrons. The summed E-state index contributed by atoms with van der Waals surface area (Å²) in [6.45, 7) is 3.96. The van der Waals surface area contributed by atoms with Crippen molar-refractivity contribution in [1.82, 2.24) is 0 Å². The average molecular weight is 173 g/mol. The molecule has 1 aliphatic carbocycles. The summed E-state index contributed by atoms with van der Waals surface area (Å²) in [5, 5.41) is 7.93. The summed E-state index contributed by atoms with van der Waals surface area (Å²) in [5.41, 5.74) is 2.20. The van der Waals surface area contributed by atoms with Gasteiger partial charge in [0.1, 0.15) is 11.5 Å². The first-order valence-electron chi connectivity index (χ1n) is 4.22. The summed E-state index contributed by atoms with van der Waals surface area (Å²) in [6.07, 6.45) is 0. The van der Waals surface area contributed by atoms with Crippen LogP contribution in [0.25, 0.3) is 11.3 Å². The summed E-state index contributed by atoms with van der Waals surface area (Å²) in [7, 11) is 0. The summed E-state index contributed by atoms with van der Waals surface area (Å²) >= 11 is 0. The highest BCUT2D eigenvalue weighted by molar-refractivity contribution is 5.59. The molecule has 0 aromatic heterocycles. The first kappa shape index (κ1) is 8.05. The van der Waals surface area contributed by atoms with E-state index in [1.54, 1.807) is 12.1 Å². The van der Waals surface area contributed by atoms with Gasteiger partial charge in [-0.05, 0) is 37.6 Å². The Balaban J connectivity index is 2.83. The Labute approximate surface area is 76.7 Å². The van der Waals surface area contributed by atoms with E-state index < -0.39 is 0 Å². The van der Waals surface area contributed by atoms with E-state index in [-0.39, 0.29) is 0 Å². The van der Waals surface area contributed by atoms with Crippen molar-refractivity contribution >= 4 is 0 Å². The minimum absolute atomic E-state index is 0.486. The van der Waals surface area contributed by atoms with E-state index in [4.69, 9.17) is 9.83 Å². The topological polar surface area (TPSA) is 37.0 Å². The molecule has 0 saturated heterocycles.